The molecular formula is C28H43N5O15S2. The Hall–Kier alpha value is -4.60. The van der Waals surface area contributed by atoms with Gasteiger partial charge in [0.15, 0.2) is 0 Å². The van der Waals surface area contributed by atoms with E-state index >= 15 is 0 Å². The summed E-state index contributed by atoms with van der Waals surface area (Å²) in [6.45, 7) is 1.01. The molecule has 0 aromatic heterocycles. The predicted octanol–water partition coefficient (Wildman–Crippen LogP) is -2.12. The molecule has 0 bridgehead atoms. The van der Waals surface area contributed by atoms with E-state index in [4.69, 9.17) is 15.3 Å². The van der Waals surface area contributed by atoms with Crippen LogP contribution in [0.15, 0.2) is 0 Å². The van der Waals surface area contributed by atoms with E-state index in [1.165, 1.54) is 11.8 Å². The maximum atomic E-state index is 13.5. The van der Waals surface area contributed by atoms with Gasteiger partial charge in [-0.1, -0.05) is 0 Å². The number of carbonyl (C=O) groups is 10. The Morgan fingerprint density at radius 1 is 0.560 bits per heavy atom. The van der Waals surface area contributed by atoms with Crippen molar-refractivity contribution in [1.82, 2.24) is 26.6 Å². The number of nitrogens with one attached hydrogen (secondary N) is 5. The van der Waals surface area contributed by atoms with Crippen LogP contribution in [0.3, 0.4) is 0 Å². The van der Waals surface area contributed by atoms with Crippen LogP contribution >= 0.6 is 24.4 Å². The zero-order valence-corrected chi connectivity index (χ0v) is 28.9. The molecule has 0 aliphatic rings. The lowest BCUT2D eigenvalue weighted by Crippen LogP contribution is -2.59. The highest BCUT2D eigenvalue weighted by atomic mass is 32.2. The first-order chi connectivity index (χ1) is 23.3. The van der Waals surface area contributed by atoms with Crippen molar-refractivity contribution < 1.29 is 73.5 Å². The van der Waals surface area contributed by atoms with E-state index in [2.05, 4.69) is 39.2 Å². The van der Waals surface area contributed by atoms with Crippen molar-refractivity contribution >= 4 is 83.8 Å². The van der Waals surface area contributed by atoms with Crippen LogP contribution in [0.2, 0.25) is 0 Å². The first kappa shape index (κ1) is 45.4. The minimum absolute atomic E-state index is 0.0961. The van der Waals surface area contributed by atoms with Crippen molar-refractivity contribution in [3.8, 4) is 0 Å². The molecule has 10 N–H and O–H groups in total. The van der Waals surface area contributed by atoms with Crippen LogP contribution in [0.4, 0.5) is 0 Å². The van der Waals surface area contributed by atoms with Crippen LogP contribution in [0.1, 0.15) is 58.3 Å². The lowest BCUT2D eigenvalue weighted by atomic mass is 9.96. The summed E-state index contributed by atoms with van der Waals surface area (Å²) in [6.07, 6.45) is -2.54. The van der Waals surface area contributed by atoms with Gasteiger partial charge < -0.3 is 52.1 Å². The number of amides is 5. The van der Waals surface area contributed by atoms with Gasteiger partial charge in [0.25, 0.3) is 0 Å². The van der Waals surface area contributed by atoms with E-state index in [9.17, 15) is 58.2 Å². The molecule has 0 aromatic rings. The number of carbonyl (C=O) groups excluding carboxylic acids is 5. The summed E-state index contributed by atoms with van der Waals surface area (Å²) in [4.78, 5) is 121. The Morgan fingerprint density at radius 2 is 0.960 bits per heavy atom. The molecule has 0 saturated heterocycles. The van der Waals surface area contributed by atoms with Gasteiger partial charge in [-0.05, 0) is 37.7 Å². The molecule has 0 fully saturated rings. The van der Waals surface area contributed by atoms with Gasteiger partial charge in [0, 0.05) is 38.0 Å². The second-order valence-electron chi connectivity index (χ2n) is 10.9. The third kappa shape index (κ3) is 18.8. The summed E-state index contributed by atoms with van der Waals surface area (Å²) in [5.74, 6) is -13.4. The van der Waals surface area contributed by atoms with Crippen molar-refractivity contribution in [1.29, 1.82) is 0 Å². The third-order valence-corrected chi connectivity index (χ3v) is 7.91. The van der Waals surface area contributed by atoms with Gasteiger partial charge in [-0.3, -0.25) is 47.9 Å². The maximum absolute atomic E-state index is 13.5. The molecule has 5 amide bonds. The molecule has 0 unspecified atom stereocenters. The van der Waals surface area contributed by atoms with Crippen LogP contribution in [0, 0.1) is 5.92 Å². The Morgan fingerprint density at radius 3 is 1.32 bits per heavy atom. The Bertz CT molecular complexity index is 1250. The van der Waals surface area contributed by atoms with Crippen LogP contribution in [0.25, 0.3) is 0 Å². The number of carboxylic acids is 5. The summed E-state index contributed by atoms with van der Waals surface area (Å²) in [6, 6.07) is -7.66. The summed E-state index contributed by atoms with van der Waals surface area (Å²) in [7, 11) is 0. The first-order valence-corrected chi connectivity index (χ1v) is 17.0. The highest BCUT2D eigenvalue weighted by Gasteiger charge is 2.34. The van der Waals surface area contributed by atoms with E-state index in [1.807, 2.05) is 0 Å². The van der Waals surface area contributed by atoms with Crippen molar-refractivity contribution in [2.24, 2.45) is 5.92 Å². The van der Waals surface area contributed by atoms with Crippen LogP contribution in [-0.4, -0.2) is 133 Å². The summed E-state index contributed by atoms with van der Waals surface area (Å²) in [5.41, 5.74) is 0. The van der Waals surface area contributed by atoms with Crippen LogP contribution < -0.4 is 26.6 Å². The lowest BCUT2D eigenvalue weighted by molar-refractivity contribution is -0.144. The van der Waals surface area contributed by atoms with Crippen LogP contribution in [0.5, 0.6) is 0 Å². The quantitative estimate of drug-likeness (QED) is 0.0421. The van der Waals surface area contributed by atoms with E-state index in [1.54, 1.807) is 6.26 Å². The zero-order valence-electron chi connectivity index (χ0n) is 27.2. The van der Waals surface area contributed by atoms with E-state index in [0.29, 0.717) is 0 Å². The minimum atomic E-state index is -1.65. The molecule has 0 radical (unpaired) electrons. The van der Waals surface area contributed by atoms with Crippen molar-refractivity contribution in [2.45, 2.75) is 88.5 Å². The topological polar surface area (TPSA) is 332 Å². The Labute approximate surface area is 295 Å². The fourth-order valence-corrected chi connectivity index (χ4v) is 5.22. The fraction of sp³-hybridized carbons (Fsp3) is 0.643. The lowest BCUT2D eigenvalue weighted by Gasteiger charge is -2.28. The van der Waals surface area contributed by atoms with E-state index < -0.39 is 134 Å². The van der Waals surface area contributed by atoms with Gasteiger partial charge in [0.1, 0.15) is 24.2 Å². The summed E-state index contributed by atoms with van der Waals surface area (Å²) in [5, 5.41) is 57.5. The second kappa shape index (κ2) is 23.7. The average molecular weight is 754 g/mol. The molecule has 0 rings (SSSR count). The highest BCUT2D eigenvalue weighted by molar-refractivity contribution is 7.98. The first-order valence-electron chi connectivity index (χ1n) is 15.0. The highest BCUT2D eigenvalue weighted by Crippen LogP contribution is 2.14. The maximum Gasteiger partial charge on any atom is 0.309 e. The zero-order chi connectivity index (χ0) is 38.6. The Kier molecular flexibility index (Phi) is 21.5. The van der Waals surface area contributed by atoms with Crippen LogP contribution in [-0.2, 0) is 47.9 Å². The van der Waals surface area contributed by atoms with E-state index in [0.717, 1.165) is 6.92 Å². The standard InChI is InChI=1S/C28H43N5O15S2/c1-13(34)29-19(11-23(41)42)27(46)32-17(5-8-22(39)40)25(44)33-18(9-10-50-2)26(45)31-16(4-7-21(37)38)24(43)30-15(3-6-20(35)36)14(12-49)28(47)48/h14-19,49H,3-12H2,1-2H3,(H,29,34)(H,30,43)(H,31,45)(H,32,46)(H,33,44)(H,35,36)(H,37,38)(H,39,40)(H,41,42)(H,47,48)/t14-,15+,16+,17+,18+,19+/m1/s1. The predicted molar refractivity (Wildman–Crippen MR) is 176 cm³/mol. The third-order valence-electron chi connectivity index (χ3n) is 6.87. The normalized spacial score (nSPS) is 14.3. The number of thioether (sulfide) groups is 1. The van der Waals surface area contributed by atoms with Crippen molar-refractivity contribution in [2.75, 3.05) is 17.8 Å². The molecule has 282 valence electrons. The van der Waals surface area contributed by atoms with Gasteiger partial charge in [-0.25, -0.2) is 0 Å². The van der Waals surface area contributed by atoms with Gasteiger partial charge >= 0.3 is 29.8 Å². The molecule has 0 spiro atoms. The molecule has 0 heterocycles. The molecule has 0 saturated carbocycles. The molecule has 22 heteroatoms. The molecule has 50 heavy (non-hydrogen) atoms. The number of hydrogen-bond donors (Lipinski definition) is 11. The number of aliphatic carboxylic acids is 5. The van der Waals surface area contributed by atoms with Crippen molar-refractivity contribution in [3.63, 3.8) is 0 Å². The molecular weight excluding hydrogens is 710 g/mol. The van der Waals surface area contributed by atoms with E-state index in [-0.39, 0.29) is 24.3 Å². The summed E-state index contributed by atoms with van der Waals surface area (Å²) >= 11 is 5.20. The molecule has 0 aromatic carbocycles. The minimum Gasteiger partial charge on any atom is -0.481 e. The van der Waals surface area contributed by atoms with Crippen molar-refractivity contribution in [3.05, 3.63) is 0 Å². The number of thiol groups is 1. The Balaban J connectivity index is 6.31. The average Bonchev–Trinajstić information content (AvgIpc) is 3.00. The molecule has 20 nitrogen and oxygen atoms in total. The number of hydrogen-bond acceptors (Lipinski definition) is 12. The van der Waals surface area contributed by atoms with Gasteiger partial charge in [-0.15, -0.1) is 0 Å². The molecule has 0 aliphatic heterocycles. The second-order valence-corrected chi connectivity index (χ2v) is 12.2. The molecule has 6 atom stereocenters. The summed E-state index contributed by atoms with van der Waals surface area (Å²) < 4.78 is 0. The largest absolute Gasteiger partial charge is 0.481 e. The molecule has 0 aliphatic carbocycles. The number of rotatable bonds is 26. The SMILES string of the molecule is CSCC[C@H](NC(=O)[C@H](CCC(=O)O)NC(=O)[C@H](CC(=O)O)NC(C)=O)C(=O)N[C@@H](CCC(=O)O)C(=O)N[C@@H](CCC(=O)O)[C@@H](CS)C(=O)O. The van der Waals surface area contributed by atoms with Gasteiger partial charge in [0.05, 0.1) is 12.3 Å². The fourth-order valence-electron chi connectivity index (χ4n) is 4.34. The van der Waals surface area contributed by atoms with Gasteiger partial charge in [0.2, 0.25) is 29.5 Å². The monoisotopic (exact) mass is 753 g/mol. The number of carboxylic acid groups (broad SMARTS) is 5. The van der Waals surface area contributed by atoms with Gasteiger partial charge in [-0.2, -0.15) is 24.4 Å². The smallest absolute Gasteiger partial charge is 0.309 e.